The van der Waals surface area contributed by atoms with E-state index in [2.05, 4.69) is 17.1 Å². The van der Waals surface area contributed by atoms with Gasteiger partial charge in [-0.25, -0.2) is 8.42 Å². The van der Waals surface area contributed by atoms with Gasteiger partial charge in [-0.3, -0.25) is 0 Å². The van der Waals surface area contributed by atoms with Gasteiger partial charge < -0.3 is 4.52 Å². The average molecular weight is 451 g/mol. The lowest BCUT2D eigenvalue weighted by Crippen LogP contribution is -2.37. The highest BCUT2D eigenvalue weighted by Gasteiger charge is 2.30. The summed E-state index contributed by atoms with van der Waals surface area (Å²) in [6, 6.07) is 10.6. The number of benzene rings is 2. The summed E-state index contributed by atoms with van der Waals surface area (Å²) in [5, 5.41) is 3.86. The number of piperidine rings is 1. The van der Waals surface area contributed by atoms with E-state index in [1.807, 2.05) is 0 Å². The first-order valence-electron chi connectivity index (χ1n) is 9.76. The van der Waals surface area contributed by atoms with Crippen molar-refractivity contribution in [2.75, 3.05) is 13.1 Å². The van der Waals surface area contributed by atoms with Crippen molar-refractivity contribution in [3.63, 3.8) is 0 Å². The lowest BCUT2D eigenvalue weighted by Gasteiger charge is -2.29. The van der Waals surface area contributed by atoms with Crippen LogP contribution in [0, 0.1) is 5.92 Å². The molecule has 3 aromatic rings. The van der Waals surface area contributed by atoms with Gasteiger partial charge in [0.1, 0.15) is 0 Å². The molecule has 31 heavy (non-hydrogen) atoms. The molecule has 6 nitrogen and oxygen atoms in total. The molecule has 0 atom stereocenters. The van der Waals surface area contributed by atoms with Crippen LogP contribution in [0.4, 0.5) is 13.2 Å². The second-order valence-electron chi connectivity index (χ2n) is 7.61. The first-order valence-corrected chi connectivity index (χ1v) is 11.2. The molecule has 1 aliphatic heterocycles. The van der Waals surface area contributed by atoms with Gasteiger partial charge >= 0.3 is 6.18 Å². The summed E-state index contributed by atoms with van der Waals surface area (Å²) in [6.07, 6.45) is -2.74. The predicted octanol–water partition coefficient (Wildman–Crippen LogP) is 4.84. The SMILES string of the molecule is CC1CCN(S(=O)(=O)c2ccc(-c3noc(-c4ccc(C(F)(F)F)cc4)n3)cc2)CC1. The van der Waals surface area contributed by atoms with Gasteiger partial charge in [-0.15, -0.1) is 0 Å². The first kappa shape index (κ1) is 21.5. The van der Waals surface area contributed by atoms with E-state index in [0.717, 1.165) is 25.0 Å². The molecule has 0 aliphatic carbocycles. The third-order valence-corrected chi connectivity index (χ3v) is 7.29. The number of hydrogen-bond donors (Lipinski definition) is 0. The van der Waals surface area contributed by atoms with Gasteiger partial charge in [0.05, 0.1) is 10.5 Å². The van der Waals surface area contributed by atoms with E-state index in [1.54, 1.807) is 12.1 Å². The molecule has 2 aromatic carbocycles. The fourth-order valence-electron chi connectivity index (χ4n) is 3.41. The summed E-state index contributed by atoms with van der Waals surface area (Å²) < 4.78 is 70.4. The summed E-state index contributed by atoms with van der Waals surface area (Å²) in [7, 11) is -3.56. The molecule has 2 heterocycles. The zero-order valence-corrected chi connectivity index (χ0v) is 17.4. The Kier molecular flexibility index (Phi) is 5.61. The Morgan fingerprint density at radius 1 is 0.968 bits per heavy atom. The van der Waals surface area contributed by atoms with Crippen LogP contribution >= 0.6 is 0 Å². The molecule has 0 bridgehead atoms. The highest BCUT2D eigenvalue weighted by atomic mass is 32.2. The Hall–Kier alpha value is -2.72. The maximum Gasteiger partial charge on any atom is 0.416 e. The van der Waals surface area contributed by atoms with E-state index in [9.17, 15) is 21.6 Å². The van der Waals surface area contributed by atoms with Crippen molar-refractivity contribution < 1.29 is 26.1 Å². The van der Waals surface area contributed by atoms with E-state index >= 15 is 0 Å². The second-order valence-corrected chi connectivity index (χ2v) is 9.55. The zero-order chi connectivity index (χ0) is 22.2. The number of nitrogens with zero attached hydrogens (tertiary/aromatic N) is 3. The minimum atomic E-state index is -4.42. The third kappa shape index (κ3) is 4.49. The summed E-state index contributed by atoms with van der Waals surface area (Å²) in [6.45, 7) is 3.13. The van der Waals surface area contributed by atoms with Crippen LogP contribution in [0.1, 0.15) is 25.3 Å². The van der Waals surface area contributed by atoms with Gasteiger partial charge in [-0.05, 0) is 67.3 Å². The van der Waals surface area contributed by atoms with Crippen molar-refractivity contribution in [1.82, 2.24) is 14.4 Å². The summed E-state index contributed by atoms with van der Waals surface area (Å²) >= 11 is 0. The van der Waals surface area contributed by atoms with Crippen molar-refractivity contribution in [3.8, 4) is 22.8 Å². The quantitative estimate of drug-likeness (QED) is 0.567. The van der Waals surface area contributed by atoms with Gasteiger partial charge in [0.2, 0.25) is 15.8 Å². The molecule has 4 rings (SSSR count). The molecule has 0 N–H and O–H groups in total. The smallest absolute Gasteiger partial charge is 0.334 e. The summed E-state index contributed by atoms with van der Waals surface area (Å²) in [5.41, 5.74) is 0.120. The predicted molar refractivity (Wildman–Crippen MR) is 107 cm³/mol. The van der Waals surface area contributed by atoms with E-state index in [0.29, 0.717) is 30.1 Å². The largest absolute Gasteiger partial charge is 0.416 e. The molecule has 0 unspecified atom stereocenters. The monoisotopic (exact) mass is 451 g/mol. The highest BCUT2D eigenvalue weighted by Crippen LogP contribution is 2.31. The number of sulfonamides is 1. The lowest BCUT2D eigenvalue weighted by molar-refractivity contribution is -0.137. The average Bonchev–Trinajstić information content (AvgIpc) is 3.24. The van der Waals surface area contributed by atoms with Crippen molar-refractivity contribution in [2.45, 2.75) is 30.8 Å². The minimum Gasteiger partial charge on any atom is -0.334 e. The highest BCUT2D eigenvalue weighted by molar-refractivity contribution is 7.89. The van der Waals surface area contributed by atoms with Gasteiger partial charge in [0.15, 0.2) is 0 Å². The summed E-state index contributed by atoms with van der Waals surface area (Å²) in [5.74, 6) is 0.805. The molecule has 10 heteroatoms. The standard InChI is InChI=1S/C21H20F3N3O3S/c1-14-10-12-27(13-11-14)31(28,29)18-8-4-15(5-9-18)19-25-20(30-26-19)16-2-6-17(7-3-16)21(22,23)24/h2-9,14H,10-13H2,1H3. The van der Waals surface area contributed by atoms with Crippen LogP contribution in [0.3, 0.4) is 0 Å². The third-order valence-electron chi connectivity index (χ3n) is 5.38. The molecule has 0 radical (unpaired) electrons. The zero-order valence-electron chi connectivity index (χ0n) is 16.6. The maximum atomic E-state index is 12.8. The Balaban J connectivity index is 1.52. The summed E-state index contributed by atoms with van der Waals surface area (Å²) in [4.78, 5) is 4.41. The number of alkyl halides is 3. The molecule has 0 spiro atoms. The molecule has 164 valence electrons. The van der Waals surface area contributed by atoms with E-state index in [-0.39, 0.29) is 16.6 Å². The van der Waals surface area contributed by atoms with Crippen LogP contribution < -0.4 is 0 Å². The molecule has 1 aromatic heterocycles. The van der Waals surface area contributed by atoms with Crippen molar-refractivity contribution >= 4 is 10.0 Å². The van der Waals surface area contributed by atoms with Crippen LogP contribution in [0.25, 0.3) is 22.8 Å². The number of aromatic nitrogens is 2. The topological polar surface area (TPSA) is 76.3 Å². The van der Waals surface area contributed by atoms with Gasteiger partial charge in [-0.2, -0.15) is 22.5 Å². The fraction of sp³-hybridized carbons (Fsp3) is 0.333. The lowest BCUT2D eigenvalue weighted by atomic mass is 10.0. The minimum absolute atomic E-state index is 0.0721. The van der Waals surface area contributed by atoms with Crippen LogP contribution in [0.2, 0.25) is 0 Å². The molecular formula is C21H20F3N3O3S. The number of rotatable bonds is 4. The van der Waals surface area contributed by atoms with Crippen LogP contribution in [0.5, 0.6) is 0 Å². The maximum absolute atomic E-state index is 12.8. The van der Waals surface area contributed by atoms with Crippen molar-refractivity contribution in [2.24, 2.45) is 5.92 Å². The normalized spacial score (nSPS) is 16.5. The van der Waals surface area contributed by atoms with E-state index in [4.69, 9.17) is 4.52 Å². The molecule has 0 amide bonds. The van der Waals surface area contributed by atoms with Gasteiger partial charge in [0.25, 0.3) is 5.89 Å². The van der Waals surface area contributed by atoms with Crippen LogP contribution in [-0.2, 0) is 16.2 Å². The Bertz CT molecular complexity index is 1150. The molecule has 1 saturated heterocycles. The van der Waals surface area contributed by atoms with Crippen molar-refractivity contribution in [1.29, 1.82) is 0 Å². The molecular weight excluding hydrogens is 431 g/mol. The van der Waals surface area contributed by atoms with Crippen molar-refractivity contribution in [3.05, 3.63) is 54.1 Å². The van der Waals surface area contributed by atoms with Gasteiger partial charge in [0, 0.05) is 24.2 Å². The van der Waals surface area contributed by atoms with E-state index in [1.165, 1.54) is 28.6 Å². The van der Waals surface area contributed by atoms with Gasteiger partial charge in [-0.1, -0.05) is 12.1 Å². The fourth-order valence-corrected chi connectivity index (χ4v) is 4.88. The molecule has 1 aliphatic rings. The van der Waals surface area contributed by atoms with E-state index < -0.39 is 21.8 Å². The van der Waals surface area contributed by atoms with Crippen LogP contribution in [-0.4, -0.2) is 36.0 Å². The Labute approximate surface area is 177 Å². The number of hydrogen-bond acceptors (Lipinski definition) is 5. The number of halogens is 3. The second kappa shape index (κ2) is 8.08. The van der Waals surface area contributed by atoms with Crippen LogP contribution in [0.15, 0.2) is 57.9 Å². The first-order chi connectivity index (χ1) is 14.6. The molecule has 0 saturated carbocycles. The molecule has 1 fully saturated rings. The Morgan fingerprint density at radius 2 is 1.55 bits per heavy atom. The Morgan fingerprint density at radius 3 is 2.13 bits per heavy atom.